The summed E-state index contributed by atoms with van der Waals surface area (Å²) in [5, 5.41) is 5.72. The first-order chi connectivity index (χ1) is 8.41. The Morgan fingerprint density at radius 3 is 2.39 bits per heavy atom. The molecule has 0 amide bonds. The van der Waals surface area contributed by atoms with Gasteiger partial charge >= 0.3 is 0 Å². The largest absolute Gasteiger partial charge is 0.324 e. The highest BCUT2D eigenvalue weighted by atomic mass is 35.5. The van der Waals surface area contributed by atoms with Crippen molar-refractivity contribution in [2.45, 2.75) is 26.8 Å². The molecule has 1 unspecified atom stereocenters. The Morgan fingerprint density at radius 2 is 1.94 bits per heavy atom. The van der Waals surface area contributed by atoms with Gasteiger partial charge < -0.3 is 5.73 Å². The Bertz CT molecular complexity index is 588. The van der Waals surface area contributed by atoms with E-state index in [1.165, 1.54) is 0 Å². The second kappa shape index (κ2) is 4.92. The lowest BCUT2D eigenvalue weighted by Crippen LogP contribution is -2.07. The molecule has 96 valence electrons. The van der Waals surface area contributed by atoms with Crippen LogP contribution in [0.3, 0.4) is 0 Å². The standard InChI is InChI=1S/C13H15Cl2N3/c1-7(16)11-5-4-10(6-12(11)14)18-9(3)13(15)8(2)17-18/h4-7H,16H2,1-3H3. The highest BCUT2D eigenvalue weighted by molar-refractivity contribution is 6.32. The fourth-order valence-electron chi connectivity index (χ4n) is 1.89. The fraction of sp³-hybridized carbons (Fsp3) is 0.308. The molecule has 2 N–H and O–H groups in total. The lowest BCUT2D eigenvalue weighted by Gasteiger charge is -2.11. The van der Waals surface area contributed by atoms with Gasteiger partial charge in [0.15, 0.2) is 0 Å². The van der Waals surface area contributed by atoms with Crippen molar-refractivity contribution in [1.29, 1.82) is 0 Å². The van der Waals surface area contributed by atoms with Crippen LogP contribution in [0.1, 0.15) is 29.9 Å². The van der Waals surface area contributed by atoms with Crippen LogP contribution in [0.15, 0.2) is 18.2 Å². The zero-order valence-electron chi connectivity index (χ0n) is 10.5. The molecule has 0 saturated heterocycles. The number of nitrogens with zero attached hydrogens (tertiary/aromatic N) is 2. The third-order valence-corrected chi connectivity index (χ3v) is 3.80. The average molecular weight is 284 g/mol. The van der Waals surface area contributed by atoms with Crippen molar-refractivity contribution in [3.8, 4) is 5.69 Å². The summed E-state index contributed by atoms with van der Waals surface area (Å²) in [5.74, 6) is 0. The summed E-state index contributed by atoms with van der Waals surface area (Å²) in [6.45, 7) is 5.71. The summed E-state index contributed by atoms with van der Waals surface area (Å²) in [6.07, 6.45) is 0. The number of hydrogen-bond donors (Lipinski definition) is 1. The third-order valence-electron chi connectivity index (χ3n) is 2.92. The van der Waals surface area contributed by atoms with E-state index >= 15 is 0 Å². The van der Waals surface area contributed by atoms with E-state index in [-0.39, 0.29) is 6.04 Å². The van der Waals surface area contributed by atoms with E-state index in [1.807, 2.05) is 39.0 Å². The molecule has 3 nitrogen and oxygen atoms in total. The SMILES string of the molecule is Cc1nn(-c2ccc(C(C)N)c(Cl)c2)c(C)c1Cl. The normalized spacial score (nSPS) is 12.8. The third kappa shape index (κ3) is 2.26. The molecule has 1 aromatic carbocycles. The van der Waals surface area contributed by atoms with Crippen LogP contribution in [-0.4, -0.2) is 9.78 Å². The average Bonchev–Trinajstić information content (AvgIpc) is 2.56. The van der Waals surface area contributed by atoms with Gasteiger partial charge in [-0.15, -0.1) is 0 Å². The maximum absolute atomic E-state index is 6.22. The van der Waals surface area contributed by atoms with Gasteiger partial charge in [-0.05, 0) is 38.5 Å². The summed E-state index contributed by atoms with van der Waals surface area (Å²) in [6, 6.07) is 5.64. The van der Waals surface area contributed by atoms with Crippen molar-refractivity contribution in [3.63, 3.8) is 0 Å². The van der Waals surface area contributed by atoms with E-state index in [0.717, 1.165) is 22.6 Å². The highest BCUT2D eigenvalue weighted by Gasteiger charge is 2.12. The van der Waals surface area contributed by atoms with Gasteiger partial charge in [0.25, 0.3) is 0 Å². The highest BCUT2D eigenvalue weighted by Crippen LogP contribution is 2.27. The molecule has 0 radical (unpaired) electrons. The number of halogens is 2. The number of nitrogens with two attached hydrogens (primary N) is 1. The minimum Gasteiger partial charge on any atom is -0.324 e. The maximum atomic E-state index is 6.22. The van der Waals surface area contributed by atoms with E-state index in [9.17, 15) is 0 Å². The van der Waals surface area contributed by atoms with Gasteiger partial charge in [-0.3, -0.25) is 0 Å². The van der Waals surface area contributed by atoms with Gasteiger partial charge in [-0.1, -0.05) is 29.3 Å². The number of benzene rings is 1. The predicted octanol–water partition coefficient (Wildman–Crippen LogP) is 3.82. The summed E-state index contributed by atoms with van der Waals surface area (Å²) in [7, 11) is 0. The Hall–Kier alpha value is -1.03. The zero-order chi connectivity index (χ0) is 13.4. The fourth-order valence-corrected chi connectivity index (χ4v) is 2.36. The monoisotopic (exact) mass is 283 g/mol. The van der Waals surface area contributed by atoms with E-state index in [2.05, 4.69) is 5.10 Å². The second-order valence-corrected chi connectivity index (χ2v) is 5.18. The van der Waals surface area contributed by atoms with Crippen LogP contribution in [0.25, 0.3) is 5.69 Å². The number of hydrogen-bond acceptors (Lipinski definition) is 2. The van der Waals surface area contributed by atoms with E-state index in [4.69, 9.17) is 28.9 Å². The molecule has 1 atom stereocenters. The van der Waals surface area contributed by atoms with Crippen LogP contribution in [0.2, 0.25) is 10.0 Å². The molecule has 0 bridgehead atoms. The summed E-state index contributed by atoms with van der Waals surface area (Å²) < 4.78 is 1.79. The predicted molar refractivity (Wildman–Crippen MR) is 75.7 cm³/mol. The van der Waals surface area contributed by atoms with Crippen LogP contribution < -0.4 is 5.73 Å². The van der Waals surface area contributed by atoms with Crippen LogP contribution in [0.4, 0.5) is 0 Å². The molecule has 18 heavy (non-hydrogen) atoms. The van der Waals surface area contributed by atoms with Crippen LogP contribution in [-0.2, 0) is 0 Å². The Balaban J connectivity index is 2.52. The molecule has 1 heterocycles. The molecular formula is C13H15Cl2N3. The second-order valence-electron chi connectivity index (χ2n) is 4.39. The Labute approximate surface area is 117 Å². The number of aryl methyl sites for hydroxylation is 1. The smallest absolute Gasteiger partial charge is 0.0848 e. The first kappa shape index (κ1) is 13.4. The molecular weight excluding hydrogens is 269 g/mol. The lowest BCUT2D eigenvalue weighted by atomic mass is 10.1. The number of rotatable bonds is 2. The summed E-state index contributed by atoms with van der Waals surface area (Å²) in [4.78, 5) is 0. The quantitative estimate of drug-likeness (QED) is 0.911. The van der Waals surface area contributed by atoms with Gasteiger partial charge in [0.1, 0.15) is 0 Å². The van der Waals surface area contributed by atoms with E-state index in [1.54, 1.807) is 4.68 Å². The molecule has 0 saturated carbocycles. The lowest BCUT2D eigenvalue weighted by molar-refractivity contribution is 0.808. The number of aromatic nitrogens is 2. The molecule has 0 aliphatic heterocycles. The van der Waals surface area contributed by atoms with Gasteiger partial charge in [0, 0.05) is 11.1 Å². The minimum atomic E-state index is -0.0874. The molecule has 5 heteroatoms. The van der Waals surface area contributed by atoms with Crippen LogP contribution in [0, 0.1) is 13.8 Å². The molecule has 0 aliphatic carbocycles. The van der Waals surface area contributed by atoms with Crippen molar-refractivity contribution < 1.29 is 0 Å². The molecule has 0 fully saturated rings. The first-order valence-electron chi connectivity index (χ1n) is 5.69. The van der Waals surface area contributed by atoms with E-state index in [0.29, 0.717) is 10.0 Å². The van der Waals surface area contributed by atoms with Gasteiger partial charge in [0.2, 0.25) is 0 Å². The topological polar surface area (TPSA) is 43.8 Å². The summed E-state index contributed by atoms with van der Waals surface area (Å²) in [5.41, 5.74) is 9.35. The summed E-state index contributed by atoms with van der Waals surface area (Å²) >= 11 is 12.4. The first-order valence-corrected chi connectivity index (χ1v) is 6.44. The molecule has 1 aromatic heterocycles. The van der Waals surface area contributed by atoms with Crippen LogP contribution >= 0.6 is 23.2 Å². The Kier molecular flexibility index (Phi) is 3.66. The van der Waals surface area contributed by atoms with Crippen LogP contribution in [0.5, 0.6) is 0 Å². The van der Waals surface area contributed by atoms with Crippen molar-refractivity contribution in [2.24, 2.45) is 5.73 Å². The van der Waals surface area contributed by atoms with Crippen molar-refractivity contribution in [1.82, 2.24) is 9.78 Å². The van der Waals surface area contributed by atoms with Gasteiger partial charge in [0.05, 0.1) is 22.1 Å². The molecule has 0 aliphatic rings. The van der Waals surface area contributed by atoms with E-state index < -0.39 is 0 Å². The van der Waals surface area contributed by atoms with Crippen molar-refractivity contribution >= 4 is 23.2 Å². The molecule has 2 aromatic rings. The molecule has 2 rings (SSSR count). The Morgan fingerprint density at radius 1 is 1.28 bits per heavy atom. The van der Waals surface area contributed by atoms with Crippen molar-refractivity contribution in [2.75, 3.05) is 0 Å². The molecule has 0 spiro atoms. The minimum absolute atomic E-state index is 0.0874. The van der Waals surface area contributed by atoms with Crippen molar-refractivity contribution in [3.05, 3.63) is 45.2 Å². The van der Waals surface area contributed by atoms with Gasteiger partial charge in [-0.2, -0.15) is 5.10 Å². The maximum Gasteiger partial charge on any atom is 0.0848 e. The van der Waals surface area contributed by atoms with Gasteiger partial charge in [-0.25, -0.2) is 4.68 Å². The zero-order valence-corrected chi connectivity index (χ0v) is 12.0.